The molecule has 0 spiro atoms. The second-order valence-corrected chi connectivity index (χ2v) is 4.20. The summed E-state index contributed by atoms with van der Waals surface area (Å²) in [5, 5.41) is 8.82. The van der Waals surface area contributed by atoms with E-state index in [1.54, 1.807) is 0 Å². The molecular weight excluding hydrogens is 192 g/mol. The van der Waals surface area contributed by atoms with E-state index in [9.17, 15) is 4.79 Å². The van der Waals surface area contributed by atoms with Crippen molar-refractivity contribution in [1.82, 2.24) is 9.80 Å². The maximum Gasteiger partial charge on any atom is 0.407 e. The molecule has 88 valence electrons. The van der Waals surface area contributed by atoms with E-state index in [0.29, 0.717) is 5.92 Å². The first-order valence-electron chi connectivity index (χ1n) is 5.87. The van der Waals surface area contributed by atoms with Crippen LogP contribution in [0.2, 0.25) is 0 Å². The van der Waals surface area contributed by atoms with E-state index in [4.69, 9.17) is 5.11 Å². The minimum Gasteiger partial charge on any atom is -0.465 e. The van der Waals surface area contributed by atoms with Crippen molar-refractivity contribution >= 4 is 6.09 Å². The van der Waals surface area contributed by atoms with E-state index in [-0.39, 0.29) is 0 Å². The molecule has 0 aromatic rings. The first-order valence-corrected chi connectivity index (χ1v) is 5.87. The van der Waals surface area contributed by atoms with Gasteiger partial charge in [0.15, 0.2) is 0 Å². The molecule has 1 saturated heterocycles. The molecule has 1 N–H and O–H groups in total. The molecule has 1 aliphatic rings. The average Bonchev–Trinajstić information content (AvgIpc) is 2.68. The van der Waals surface area contributed by atoms with Crippen LogP contribution in [-0.2, 0) is 0 Å². The van der Waals surface area contributed by atoms with Gasteiger partial charge in [0.25, 0.3) is 0 Å². The van der Waals surface area contributed by atoms with Crippen molar-refractivity contribution in [2.24, 2.45) is 5.92 Å². The monoisotopic (exact) mass is 214 g/mol. The molecule has 0 bridgehead atoms. The van der Waals surface area contributed by atoms with Crippen molar-refractivity contribution in [3.05, 3.63) is 0 Å². The van der Waals surface area contributed by atoms with Crippen LogP contribution in [0.15, 0.2) is 0 Å². The van der Waals surface area contributed by atoms with Gasteiger partial charge in [-0.15, -0.1) is 0 Å². The van der Waals surface area contributed by atoms with Gasteiger partial charge in [-0.25, -0.2) is 4.79 Å². The highest BCUT2D eigenvalue weighted by molar-refractivity contribution is 5.65. The Morgan fingerprint density at radius 2 is 2.13 bits per heavy atom. The summed E-state index contributed by atoms with van der Waals surface area (Å²) in [6, 6.07) is 0. The number of carboxylic acid groups (broad SMARTS) is 1. The molecule has 0 aromatic carbocycles. The molecule has 1 fully saturated rings. The fourth-order valence-electron chi connectivity index (χ4n) is 2.15. The summed E-state index contributed by atoms with van der Waals surface area (Å²) >= 11 is 0. The van der Waals surface area contributed by atoms with Gasteiger partial charge in [0.1, 0.15) is 0 Å². The van der Waals surface area contributed by atoms with Gasteiger partial charge in [-0.1, -0.05) is 13.8 Å². The highest BCUT2D eigenvalue weighted by atomic mass is 16.4. The lowest BCUT2D eigenvalue weighted by Gasteiger charge is -2.20. The summed E-state index contributed by atoms with van der Waals surface area (Å²) in [7, 11) is 0. The van der Waals surface area contributed by atoms with E-state index in [1.807, 2.05) is 0 Å². The van der Waals surface area contributed by atoms with Gasteiger partial charge in [0, 0.05) is 13.1 Å². The number of hydrogen-bond acceptors (Lipinski definition) is 2. The first-order chi connectivity index (χ1) is 7.17. The quantitative estimate of drug-likeness (QED) is 0.757. The zero-order valence-corrected chi connectivity index (χ0v) is 9.78. The minimum atomic E-state index is -0.764. The molecule has 1 rings (SSSR count). The second kappa shape index (κ2) is 5.95. The normalized spacial score (nSPS) is 21.3. The molecule has 0 saturated carbocycles. The van der Waals surface area contributed by atoms with Crippen molar-refractivity contribution in [2.75, 3.05) is 32.7 Å². The molecule has 4 heteroatoms. The number of amides is 1. The number of rotatable bonds is 5. The van der Waals surface area contributed by atoms with Crippen LogP contribution < -0.4 is 0 Å². The largest absolute Gasteiger partial charge is 0.465 e. The molecule has 0 aromatic heterocycles. The molecule has 1 heterocycles. The molecule has 0 unspecified atom stereocenters. The fraction of sp³-hybridized carbons (Fsp3) is 0.909. The van der Waals surface area contributed by atoms with Crippen LogP contribution in [-0.4, -0.2) is 53.7 Å². The predicted octanol–water partition coefficient (Wildman–Crippen LogP) is 1.72. The van der Waals surface area contributed by atoms with Crippen LogP contribution in [0.5, 0.6) is 0 Å². The van der Waals surface area contributed by atoms with E-state index in [0.717, 1.165) is 45.6 Å². The van der Waals surface area contributed by atoms with Gasteiger partial charge in [0.2, 0.25) is 0 Å². The Morgan fingerprint density at radius 3 is 2.60 bits per heavy atom. The topological polar surface area (TPSA) is 43.8 Å². The lowest BCUT2D eigenvalue weighted by Crippen LogP contribution is -2.28. The van der Waals surface area contributed by atoms with E-state index >= 15 is 0 Å². The van der Waals surface area contributed by atoms with Crippen LogP contribution in [0, 0.1) is 5.92 Å². The van der Waals surface area contributed by atoms with Crippen molar-refractivity contribution in [3.63, 3.8) is 0 Å². The third-order valence-electron chi connectivity index (χ3n) is 3.30. The summed E-state index contributed by atoms with van der Waals surface area (Å²) in [6.07, 6.45) is 1.40. The van der Waals surface area contributed by atoms with Gasteiger partial charge in [-0.05, 0) is 38.4 Å². The summed E-state index contributed by atoms with van der Waals surface area (Å²) in [5.74, 6) is 0.571. The molecule has 0 radical (unpaired) electrons. The van der Waals surface area contributed by atoms with Gasteiger partial charge < -0.3 is 14.9 Å². The average molecular weight is 214 g/mol. The zero-order valence-electron chi connectivity index (χ0n) is 9.78. The van der Waals surface area contributed by atoms with Gasteiger partial charge in [-0.3, -0.25) is 0 Å². The van der Waals surface area contributed by atoms with Crippen LogP contribution in [0.4, 0.5) is 4.79 Å². The molecule has 1 amide bonds. The van der Waals surface area contributed by atoms with Crippen LogP contribution in [0.1, 0.15) is 26.7 Å². The van der Waals surface area contributed by atoms with E-state index in [2.05, 4.69) is 18.7 Å². The maximum absolute atomic E-state index is 10.7. The van der Waals surface area contributed by atoms with Crippen LogP contribution >= 0.6 is 0 Å². The molecular formula is C11H22N2O2. The molecule has 4 nitrogen and oxygen atoms in total. The second-order valence-electron chi connectivity index (χ2n) is 4.20. The standard InChI is InChI=1S/C11H22N2O2/c1-3-12(4-2)7-5-10-6-8-13(9-10)11(14)15/h10H,3-9H2,1-2H3,(H,14,15)/t10-/m0/s1. The maximum atomic E-state index is 10.7. The van der Waals surface area contributed by atoms with Gasteiger partial charge in [-0.2, -0.15) is 0 Å². The lowest BCUT2D eigenvalue weighted by molar-refractivity contribution is 0.153. The third kappa shape index (κ3) is 3.70. The number of nitrogens with zero attached hydrogens (tertiary/aromatic N) is 2. The summed E-state index contributed by atoms with van der Waals surface area (Å²) in [4.78, 5) is 14.6. The summed E-state index contributed by atoms with van der Waals surface area (Å²) in [6.45, 7) is 9.07. The van der Waals surface area contributed by atoms with Crippen molar-refractivity contribution in [3.8, 4) is 0 Å². The Labute approximate surface area is 91.9 Å². The number of likely N-dealkylation sites (tertiary alicyclic amines) is 1. The molecule has 1 aliphatic heterocycles. The number of hydrogen-bond donors (Lipinski definition) is 1. The Balaban J connectivity index is 2.21. The van der Waals surface area contributed by atoms with E-state index in [1.165, 1.54) is 4.90 Å². The summed E-state index contributed by atoms with van der Waals surface area (Å²) < 4.78 is 0. The molecule has 15 heavy (non-hydrogen) atoms. The summed E-state index contributed by atoms with van der Waals surface area (Å²) in [5.41, 5.74) is 0. The number of carbonyl (C=O) groups is 1. The van der Waals surface area contributed by atoms with Crippen molar-refractivity contribution in [2.45, 2.75) is 26.7 Å². The Kier molecular flexibility index (Phi) is 4.88. The third-order valence-corrected chi connectivity index (χ3v) is 3.30. The molecule has 1 atom stereocenters. The Morgan fingerprint density at radius 1 is 1.47 bits per heavy atom. The predicted molar refractivity (Wildman–Crippen MR) is 60.1 cm³/mol. The van der Waals surface area contributed by atoms with Crippen LogP contribution in [0.3, 0.4) is 0 Å². The highest BCUT2D eigenvalue weighted by Gasteiger charge is 2.25. The smallest absolute Gasteiger partial charge is 0.407 e. The van der Waals surface area contributed by atoms with Crippen LogP contribution in [0.25, 0.3) is 0 Å². The van der Waals surface area contributed by atoms with Gasteiger partial charge in [0.05, 0.1) is 0 Å². The Hall–Kier alpha value is -0.770. The molecule has 0 aliphatic carbocycles. The fourth-order valence-corrected chi connectivity index (χ4v) is 2.15. The zero-order chi connectivity index (χ0) is 11.3. The van der Waals surface area contributed by atoms with Gasteiger partial charge >= 0.3 is 6.09 Å². The Bertz CT molecular complexity index is 205. The first kappa shape index (κ1) is 12.3. The van der Waals surface area contributed by atoms with Crippen molar-refractivity contribution < 1.29 is 9.90 Å². The van der Waals surface area contributed by atoms with Crippen molar-refractivity contribution in [1.29, 1.82) is 0 Å². The SMILES string of the molecule is CCN(CC)CC[C@H]1CCN(C(=O)O)C1. The highest BCUT2D eigenvalue weighted by Crippen LogP contribution is 2.19. The van der Waals surface area contributed by atoms with E-state index < -0.39 is 6.09 Å². The minimum absolute atomic E-state index is 0.571. The lowest BCUT2D eigenvalue weighted by atomic mass is 10.0.